The Morgan fingerprint density at radius 2 is 2.00 bits per heavy atom. The van der Waals surface area contributed by atoms with Crippen LogP contribution in [0.3, 0.4) is 0 Å². The van der Waals surface area contributed by atoms with Crippen molar-refractivity contribution in [3.05, 3.63) is 46.0 Å². The van der Waals surface area contributed by atoms with Gasteiger partial charge in [0.1, 0.15) is 5.75 Å². The Hall–Kier alpha value is -3.09. The minimum atomic E-state index is -1.02. The van der Waals surface area contributed by atoms with Gasteiger partial charge in [-0.25, -0.2) is 4.79 Å². The van der Waals surface area contributed by atoms with Crippen molar-refractivity contribution in [2.75, 3.05) is 6.61 Å². The summed E-state index contributed by atoms with van der Waals surface area (Å²) < 4.78 is 7.68. The topological polar surface area (TPSA) is 93.5 Å². The van der Waals surface area contributed by atoms with Crippen LogP contribution in [0, 0.1) is 19.8 Å². The molecule has 0 saturated carbocycles. The highest BCUT2D eigenvalue weighted by Gasteiger charge is 2.15. The molecular weight excluding hydrogens is 370 g/mol. The van der Waals surface area contributed by atoms with Gasteiger partial charge in [-0.1, -0.05) is 6.92 Å². The largest absolute Gasteiger partial charge is 0.493 e. The molecule has 0 saturated heterocycles. The number of aromatic nitrogens is 2. The molecule has 2 unspecified atom stereocenters. The van der Waals surface area contributed by atoms with Crippen LogP contribution in [0.4, 0.5) is 4.79 Å². The van der Waals surface area contributed by atoms with E-state index >= 15 is 0 Å². The summed E-state index contributed by atoms with van der Waals surface area (Å²) in [6, 6.07) is 5.69. The zero-order valence-corrected chi connectivity index (χ0v) is 17.4. The van der Waals surface area contributed by atoms with Crippen molar-refractivity contribution in [1.29, 1.82) is 0 Å². The first kappa shape index (κ1) is 20.6. The van der Waals surface area contributed by atoms with Crippen LogP contribution < -0.4 is 15.6 Å². The monoisotopic (exact) mass is 397 g/mol. The van der Waals surface area contributed by atoms with Crippen LogP contribution in [-0.4, -0.2) is 33.4 Å². The summed E-state index contributed by atoms with van der Waals surface area (Å²) in [4.78, 5) is 27.9. The summed E-state index contributed by atoms with van der Waals surface area (Å²) in [7, 11) is 1.76. The lowest BCUT2D eigenvalue weighted by molar-refractivity contribution is 0.185. The van der Waals surface area contributed by atoms with Gasteiger partial charge in [0.05, 0.1) is 23.2 Å². The molecule has 2 heterocycles. The van der Waals surface area contributed by atoms with Crippen LogP contribution in [0.2, 0.25) is 0 Å². The van der Waals surface area contributed by atoms with E-state index in [2.05, 4.69) is 10.3 Å². The molecule has 3 rings (SSSR count). The maximum absolute atomic E-state index is 12.9. The second kappa shape index (κ2) is 8.11. The van der Waals surface area contributed by atoms with E-state index in [0.717, 1.165) is 33.3 Å². The smallest absolute Gasteiger partial charge is 0.404 e. The Balaban J connectivity index is 1.92. The van der Waals surface area contributed by atoms with Crippen LogP contribution in [0.15, 0.2) is 29.2 Å². The minimum Gasteiger partial charge on any atom is -0.493 e. The summed E-state index contributed by atoms with van der Waals surface area (Å²) in [5.41, 5.74) is 2.44. The molecule has 154 valence electrons. The van der Waals surface area contributed by atoms with Gasteiger partial charge in [0.15, 0.2) is 0 Å². The van der Waals surface area contributed by atoms with Gasteiger partial charge in [0, 0.05) is 30.7 Å². The van der Waals surface area contributed by atoms with Gasteiger partial charge in [-0.2, -0.15) is 0 Å². The number of ether oxygens (including phenoxy) is 1. The number of nitrogens with zero attached hydrogens (tertiary/aromatic N) is 2. The third-order valence-corrected chi connectivity index (χ3v) is 5.25. The highest BCUT2D eigenvalue weighted by molar-refractivity contribution is 6.06. The van der Waals surface area contributed by atoms with E-state index in [0.29, 0.717) is 18.4 Å². The van der Waals surface area contributed by atoms with Gasteiger partial charge in [-0.15, -0.1) is 0 Å². The molecule has 29 heavy (non-hydrogen) atoms. The highest BCUT2D eigenvalue weighted by Crippen LogP contribution is 2.30. The predicted octanol–water partition coefficient (Wildman–Crippen LogP) is 3.76. The summed E-state index contributed by atoms with van der Waals surface area (Å²) in [5, 5.41) is 13.8. The number of amides is 1. The molecule has 0 bridgehead atoms. The molecule has 2 N–H and O–H groups in total. The van der Waals surface area contributed by atoms with Gasteiger partial charge in [0.25, 0.3) is 5.56 Å². The minimum absolute atomic E-state index is 0.0742. The number of aryl methyl sites for hydroxylation is 3. The first-order valence-corrected chi connectivity index (χ1v) is 9.70. The van der Waals surface area contributed by atoms with Crippen LogP contribution in [0.1, 0.15) is 31.5 Å². The van der Waals surface area contributed by atoms with Crippen LogP contribution in [0.25, 0.3) is 21.7 Å². The maximum atomic E-state index is 12.9. The van der Waals surface area contributed by atoms with Crippen LogP contribution >= 0.6 is 0 Å². The lowest BCUT2D eigenvalue weighted by atomic mass is 10.0. The summed E-state index contributed by atoms with van der Waals surface area (Å²) in [5.74, 6) is 0.893. The van der Waals surface area contributed by atoms with Gasteiger partial charge < -0.3 is 19.7 Å². The Labute approximate surface area is 169 Å². The third-order valence-electron chi connectivity index (χ3n) is 5.25. The van der Waals surface area contributed by atoms with Crippen molar-refractivity contribution in [1.82, 2.24) is 14.9 Å². The Kier molecular flexibility index (Phi) is 5.77. The number of carboxylic acid groups (broad SMARTS) is 1. The molecule has 1 aromatic carbocycles. The molecule has 7 heteroatoms. The van der Waals surface area contributed by atoms with Crippen molar-refractivity contribution >= 4 is 27.8 Å². The molecule has 3 aromatic rings. The molecule has 0 aliphatic heterocycles. The fourth-order valence-corrected chi connectivity index (χ4v) is 3.84. The zero-order valence-electron chi connectivity index (χ0n) is 17.4. The van der Waals surface area contributed by atoms with Crippen molar-refractivity contribution < 1.29 is 14.6 Å². The van der Waals surface area contributed by atoms with E-state index in [4.69, 9.17) is 9.84 Å². The number of carbonyl (C=O) groups is 1. The average molecular weight is 397 g/mol. The number of fused-ring (bicyclic) bond motifs is 3. The number of hydrogen-bond donors (Lipinski definition) is 2. The number of rotatable bonds is 6. The van der Waals surface area contributed by atoms with Gasteiger partial charge >= 0.3 is 6.09 Å². The van der Waals surface area contributed by atoms with Crippen LogP contribution in [-0.2, 0) is 7.05 Å². The van der Waals surface area contributed by atoms with E-state index in [9.17, 15) is 9.59 Å². The fraction of sp³-hybridized carbons (Fsp3) is 0.409. The maximum Gasteiger partial charge on any atom is 0.404 e. The SMILES string of the molecule is Cc1cc2c3ccnc(C)c3c(=O)n(C)c2cc1OCC(C)CC(C)NC(=O)O. The van der Waals surface area contributed by atoms with Gasteiger partial charge in [0.2, 0.25) is 0 Å². The summed E-state index contributed by atoms with van der Waals surface area (Å²) >= 11 is 0. The van der Waals surface area contributed by atoms with E-state index in [1.807, 2.05) is 45.9 Å². The second-order valence-electron chi connectivity index (χ2n) is 7.82. The molecule has 0 spiro atoms. The molecule has 1 amide bonds. The Bertz CT molecular complexity index is 1140. The highest BCUT2D eigenvalue weighted by atomic mass is 16.5. The number of hydrogen-bond acceptors (Lipinski definition) is 4. The number of benzene rings is 1. The molecule has 7 nitrogen and oxygen atoms in total. The van der Waals surface area contributed by atoms with E-state index in [-0.39, 0.29) is 17.5 Å². The van der Waals surface area contributed by atoms with Gasteiger partial charge in [-0.05, 0) is 56.2 Å². The van der Waals surface area contributed by atoms with Crippen molar-refractivity contribution in [2.45, 2.75) is 40.2 Å². The first-order chi connectivity index (χ1) is 13.7. The molecule has 0 radical (unpaired) electrons. The molecule has 0 fully saturated rings. The molecule has 0 aliphatic carbocycles. The molecule has 2 aromatic heterocycles. The first-order valence-electron chi connectivity index (χ1n) is 9.70. The second-order valence-corrected chi connectivity index (χ2v) is 7.82. The van der Waals surface area contributed by atoms with Crippen molar-refractivity contribution in [3.8, 4) is 5.75 Å². The molecule has 2 atom stereocenters. The molecule has 0 aliphatic rings. The normalized spacial score (nSPS) is 13.4. The lowest BCUT2D eigenvalue weighted by Crippen LogP contribution is -2.33. The average Bonchev–Trinajstić information content (AvgIpc) is 2.64. The summed E-state index contributed by atoms with van der Waals surface area (Å²) in [6.45, 7) is 8.15. The Morgan fingerprint density at radius 1 is 1.28 bits per heavy atom. The Morgan fingerprint density at radius 3 is 2.69 bits per heavy atom. The van der Waals surface area contributed by atoms with E-state index in [1.165, 1.54) is 0 Å². The quantitative estimate of drug-likeness (QED) is 0.618. The summed E-state index contributed by atoms with van der Waals surface area (Å²) in [6.07, 6.45) is 1.38. The number of nitrogens with one attached hydrogen (secondary N) is 1. The number of pyridine rings is 2. The standard InChI is InChI=1S/C22H27N3O4/c1-12(8-14(3)24-22(27)28)11-29-19-10-18-17(9-13(19)2)16-6-7-23-15(4)20(16)21(26)25(18)5/h6-7,9-10,12,14,24H,8,11H2,1-5H3,(H,27,28). The third kappa shape index (κ3) is 4.18. The predicted molar refractivity (Wildman–Crippen MR) is 114 cm³/mol. The molecular formula is C22H27N3O4. The zero-order chi connectivity index (χ0) is 21.3. The fourth-order valence-electron chi connectivity index (χ4n) is 3.84. The van der Waals surface area contributed by atoms with E-state index < -0.39 is 6.09 Å². The van der Waals surface area contributed by atoms with Crippen molar-refractivity contribution in [3.63, 3.8) is 0 Å². The lowest BCUT2D eigenvalue weighted by Gasteiger charge is -2.19. The van der Waals surface area contributed by atoms with Crippen LogP contribution in [0.5, 0.6) is 5.75 Å². The van der Waals surface area contributed by atoms with E-state index in [1.54, 1.807) is 17.8 Å². The van der Waals surface area contributed by atoms with Gasteiger partial charge in [-0.3, -0.25) is 9.78 Å². The van der Waals surface area contributed by atoms with Crippen molar-refractivity contribution in [2.24, 2.45) is 13.0 Å².